The Kier molecular flexibility index (Phi) is 6.78. The largest absolute Gasteiger partial charge is 0.392 e. The molecular weight excluding hydrogens is 376 g/mol. The third kappa shape index (κ3) is 4.75. The second-order valence-corrected chi connectivity index (χ2v) is 10.5. The standard InChI is InChI=1S/C21H32N2O4S/c1-23(18-5-3-6-18)21(25)20(22)17-10-8-15(9-11-17)14-28(26,27)19-7-2-4-16(12-19)13-24/h2,4,7,12,15,17-18,20,24H,3,5-6,8-11,13-14,22H2,1H3/t15?,17?,20-/m0/s1. The van der Waals surface area contributed by atoms with Gasteiger partial charge in [0.25, 0.3) is 0 Å². The SMILES string of the molecule is CN(C(=O)[C@@H](N)C1CCC(CS(=O)(=O)c2cccc(CO)c2)CC1)C1CCC1. The summed E-state index contributed by atoms with van der Waals surface area (Å²) in [7, 11) is -1.53. The highest BCUT2D eigenvalue weighted by Gasteiger charge is 2.35. The van der Waals surface area contributed by atoms with E-state index in [0.717, 1.165) is 38.5 Å². The van der Waals surface area contributed by atoms with Gasteiger partial charge in [0, 0.05) is 13.1 Å². The number of amides is 1. The molecule has 0 bridgehead atoms. The van der Waals surface area contributed by atoms with E-state index in [0.29, 0.717) is 11.6 Å². The van der Waals surface area contributed by atoms with Gasteiger partial charge in [0.05, 0.1) is 23.3 Å². The number of aliphatic hydroxyl groups excluding tert-OH is 1. The van der Waals surface area contributed by atoms with E-state index in [9.17, 15) is 18.3 Å². The molecule has 0 unspecified atom stereocenters. The molecule has 2 aliphatic carbocycles. The lowest BCUT2D eigenvalue weighted by Crippen LogP contribution is -2.52. The van der Waals surface area contributed by atoms with Crippen LogP contribution in [0.2, 0.25) is 0 Å². The third-order valence-corrected chi connectivity index (χ3v) is 8.43. The zero-order valence-electron chi connectivity index (χ0n) is 16.6. The second kappa shape index (κ2) is 8.93. The Balaban J connectivity index is 1.53. The molecule has 0 saturated heterocycles. The number of rotatable bonds is 7. The summed E-state index contributed by atoms with van der Waals surface area (Å²) in [5.74, 6) is 0.360. The minimum atomic E-state index is -3.38. The molecule has 0 spiro atoms. The fraction of sp³-hybridized carbons (Fsp3) is 0.667. The molecule has 0 heterocycles. The van der Waals surface area contributed by atoms with Crippen LogP contribution < -0.4 is 5.73 Å². The van der Waals surface area contributed by atoms with Crippen LogP contribution in [0.1, 0.15) is 50.5 Å². The number of aliphatic hydroxyl groups is 1. The molecule has 1 atom stereocenters. The van der Waals surface area contributed by atoms with Crippen molar-refractivity contribution in [2.45, 2.75) is 68.5 Å². The van der Waals surface area contributed by atoms with Crippen molar-refractivity contribution >= 4 is 15.7 Å². The van der Waals surface area contributed by atoms with Crippen molar-refractivity contribution in [3.05, 3.63) is 29.8 Å². The van der Waals surface area contributed by atoms with E-state index >= 15 is 0 Å². The fourth-order valence-corrected chi connectivity index (χ4v) is 6.11. The zero-order valence-corrected chi connectivity index (χ0v) is 17.4. The van der Waals surface area contributed by atoms with Gasteiger partial charge in [-0.2, -0.15) is 0 Å². The smallest absolute Gasteiger partial charge is 0.239 e. The minimum Gasteiger partial charge on any atom is -0.392 e. The van der Waals surface area contributed by atoms with Crippen LogP contribution >= 0.6 is 0 Å². The lowest BCUT2D eigenvalue weighted by Gasteiger charge is -2.38. The Morgan fingerprint density at radius 2 is 1.89 bits per heavy atom. The van der Waals surface area contributed by atoms with E-state index < -0.39 is 15.9 Å². The molecule has 28 heavy (non-hydrogen) atoms. The van der Waals surface area contributed by atoms with Gasteiger partial charge in [0.15, 0.2) is 9.84 Å². The summed E-state index contributed by atoms with van der Waals surface area (Å²) in [4.78, 5) is 14.7. The molecule has 0 aliphatic heterocycles. The van der Waals surface area contributed by atoms with Gasteiger partial charge in [-0.05, 0) is 74.5 Å². The van der Waals surface area contributed by atoms with Crippen molar-refractivity contribution in [3.8, 4) is 0 Å². The Bertz CT molecular complexity index is 783. The number of carbonyl (C=O) groups excluding carboxylic acids is 1. The third-order valence-electron chi connectivity index (χ3n) is 6.55. The zero-order chi connectivity index (χ0) is 20.3. The van der Waals surface area contributed by atoms with Gasteiger partial charge in [0.2, 0.25) is 5.91 Å². The van der Waals surface area contributed by atoms with Crippen LogP contribution in [0, 0.1) is 11.8 Å². The van der Waals surface area contributed by atoms with E-state index in [1.54, 1.807) is 24.3 Å². The molecule has 156 valence electrons. The summed E-state index contributed by atoms with van der Waals surface area (Å²) in [5.41, 5.74) is 6.87. The van der Waals surface area contributed by atoms with Gasteiger partial charge in [0.1, 0.15) is 0 Å². The highest BCUT2D eigenvalue weighted by molar-refractivity contribution is 7.91. The van der Waals surface area contributed by atoms with Gasteiger partial charge in [-0.25, -0.2) is 8.42 Å². The van der Waals surface area contributed by atoms with Gasteiger partial charge in [-0.15, -0.1) is 0 Å². The predicted octanol–water partition coefficient (Wildman–Crippen LogP) is 2.10. The lowest BCUT2D eigenvalue weighted by molar-refractivity contribution is -0.136. The first-order chi connectivity index (χ1) is 13.3. The van der Waals surface area contributed by atoms with Crippen molar-refractivity contribution in [2.24, 2.45) is 17.6 Å². The summed E-state index contributed by atoms with van der Waals surface area (Å²) in [6.07, 6.45) is 6.45. The minimum absolute atomic E-state index is 0.0292. The molecule has 0 radical (unpaired) electrons. The van der Waals surface area contributed by atoms with Gasteiger partial charge < -0.3 is 15.7 Å². The summed E-state index contributed by atoms with van der Waals surface area (Å²) in [6, 6.07) is 6.37. The molecule has 1 amide bonds. The Labute approximate surface area is 168 Å². The molecule has 2 saturated carbocycles. The van der Waals surface area contributed by atoms with Crippen molar-refractivity contribution in [1.82, 2.24) is 4.90 Å². The molecule has 1 aromatic carbocycles. The van der Waals surface area contributed by atoms with E-state index in [2.05, 4.69) is 0 Å². The van der Waals surface area contributed by atoms with E-state index in [1.807, 2.05) is 11.9 Å². The first-order valence-corrected chi connectivity index (χ1v) is 11.9. The van der Waals surface area contributed by atoms with Crippen LogP contribution in [-0.4, -0.2) is 49.2 Å². The number of hydrogen-bond donors (Lipinski definition) is 2. The normalized spacial score (nSPS) is 24.4. The fourth-order valence-electron chi connectivity index (χ4n) is 4.35. The maximum Gasteiger partial charge on any atom is 0.239 e. The maximum absolute atomic E-state index is 12.7. The van der Waals surface area contributed by atoms with Crippen LogP contribution in [-0.2, 0) is 21.2 Å². The Morgan fingerprint density at radius 1 is 1.21 bits per heavy atom. The van der Waals surface area contributed by atoms with Crippen molar-refractivity contribution < 1.29 is 18.3 Å². The van der Waals surface area contributed by atoms with E-state index in [4.69, 9.17) is 5.73 Å². The number of nitrogens with two attached hydrogens (primary N) is 1. The highest BCUT2D eigenvalue weighted by atomic mass is 32.2. The van der Waals surface area contributed by atoms with E-state index in [-0.39, 0.29) is 35.0 Å². The van der Waals surface area contributed by atoms with Gasteiger partial charge in [-0.3, -0.25) is 4.79 Å². The predicted molar refractivity (Wildman–Crippen MR) is 108 cm³/mol. The lowest BCUT2D eigenvalue weighted by atomic mass is 9.78. The molecule has 1 aromatic rings. The number of sulfone groups is 1. The molecule has 3 rings (SSSR count). The van der Waals surface area contributed by atoms with Crippen LogP contribution in [0.15, 0.2) is 29.2 Å². The van der Waals surface area contributed by atoms with Gasteiger partial charge >= 0.3 is 0 Å². The number of carbonyl (C=O) groups is 1. The van der Waals surface area contributed by atoms with E-state index in [1.165, 1.54) is 6.42 Å². The molecule has 6 nitrogen and oxygen atoms in total. The van der Waals surface area contributed by atoms with Crippen LogP contribution in [0.25, 0.3) is 0 Å². The molecule has 2 fully saturated rings. The average Bonchev–Trinajstić information content (AvgIpc) is 2.65. The molecule has 2 aliphatic rings. The number of benzene rings is 1. The summed E-state index contributed by atoms with van der Waals surface area (Å²) < 4.78 is 25.5. The average molecular weight is 409 g/mol. The number of hydrogen-bond acceptors (Lipinski definition) is 5. The number of nitrogens with zero attached hydrogens (tertiary/aromatic N) is 1. The summed E-state index contributed by atoms with van der Waals surface area (Å²) in [5, 5.41) is 9.23. The monoisotopic (exact) mass is 408 g/mol. The van der Waals surface area contributed by atoms with Crippen LogP contribution in [0.3, 0.4) is 0 Å². The topological polar surface area (TPSA) is 101 Å². The van der Waals surface area contributed by atoms with Crippen LogP contribution in [0.4, 0.5) is 0 Å². The highest BCUT2D eigenvalue weighted by Crippen LogP contribution is 2.33. The molecule has 0 aromatic heterocycles. The second-order valence-electron chi connectivity index (χ2n) is 8.43. The molecule has 3 N–H and O–H groups in total. The quantitative estimate of drug-likeness (QED) is 0.719. The molecular formula is C21H32N2O4S. The maximum atomic E-state index is 12.7. The molecule has 7 heteroatoms. The van der Waals surface area contributed by atoms with Crippen molar-refractivity contribution in [3.63, 3.8) is 0 Å². The van der Waals surface area contributed by atoms with Crippen molar-refractivity contribution in [1.29, 1.82) is 0 Å². The Morgan fingerprint density at radius 3 is 2.46 bits per heavy atom. The summed E-state index contributed by atoms with van der Waals surface area (Å²) >= 11 is 0. The number of likely N-dealkylation sites (N-methyl/N-ethyl adjacent to an activating group) is 1. The Hall–Kier alpha value is -1.44. The first kappa shape index (κ1) is 21.3. The first-order valence-electron chi connectivity index (χ1n) is 10.3. The van der Waals surface area contributed by atoms with Gasteiger partial charge in [-0.1, -0.05) is 12.1 Å². The summed E-state index contributed by atoms with van der Waals surface area (Å²) in [6.45, 7) is -0.171. The van der Waals surface area contributed by atoms with Crippen LogP contribution in [0.5, 0.6) is 0 Å². The van der Waals surface area contributed by atoms with Crippen molar-refractivity contribution in [2.75, 3.05) is 12.8 Å².